The monoisotopic (exact) mass is 331 g/mol. The number of hydrogen-bond acceptors (Lipinski definition) is 6. The molecule has 1 aromatic carbocycles. The molecule has 0 fully saturated rings. The van der Waals surface area contributed by atoms with Gasteiger partial charge in [0.25, 0.3) is 0 Å². The third-order valence-corrected chi connectivity index (χ3v) is 4.88. The molecule has 0 aliphatic carbocycles. The molecule has 0 aliphatic rings. The number of nitrogens with two attached hydrogens (primary N) is 1. The number of hydrogen-bond donors (Lipinski definition) is 2. The van der Waals surface area contributed by atoms with Crippen LogP contribution in [0, 0.1) is 0 Å². The summed E-state index contributed by atoms with van der Waals surface area (Å²) in [7, 11) is 1.54. The number of aromatic nitrogens is 2. The van der Waals surface area contributed by atoms with E-state index in [9.17, 15) is 9.90 Å². The summed E-state index contributed by atoms with van der Waals surface area (Å²) < 4.78 is 6.00. The molecule has 7 heteroatoms. The molecular formula is C16H17N3O3S. The number of carboxylic acid groups (broad SMARTS) is 1. The van der Waals surface area contributed by atoms with Crippen molar-refractivity contribution < 1.29 is 14.6 Å². The lowest BCUT2D eigenvalue weighted by atomic mass is 10.0. The normalized spacial score (nSPS) is 12.7. The van der Waals surface area contributed by atoms with Gasteiger partial charge in [-0.15, -0.1) is 11.3 Å². The van der Waals surface area contributed by atoms with Gasteiger partial charge in [-0.2, -0.15) is 0 Å². The molecule has 0 aliphatic heterocycles. The number of nitrogens with zero attached hydrogens (tertiary/aromatic N) is 2. The van der Waals surface area contributed by atoms with Crippen LogP contribution in [-0.4, -0.2) is 34.2 Å². The summed E-state index contributed by atoms with van der Waals surface area (Å²) in [5.74, 6) is -0.483. The molecule has 3 rings (SSSR count). The van der Waals surface area contributed by atoms with E-state index < -0.39 is 5.97 Å². The Labute approximate surface area is 136 Å². The molecule has 0 saturated carbocycles. The Hall–Kier alpha value is -2.25. The molecule has 3 aromatic rings. The molecule has 120 valence electrons. The van der Waals surface area contributed by atoms with Gasteiger partial charge in [-0.3, -0.25) is 0 Å². The van der Waals surface area contributed by atoms with Crippen LogP contribution < -0.4 is 10.5 Å². The van der Waals surface area contributed by atoms with Crippen molar-refractivity contribution in [3.05, 3.63) is 28.8 Å². The van der Waals surface area contributed by atoms with E-state index in [-0.39, 0.29) is 6.04 Å². The summed E-state index contributed by atoms with van der Waals surface area (Å²) in [5, 5.41) is 10.4. The third-order valence-electron chi connectivity index (χ3n) is 3.69. The van der Waals surface area contributed by atoms with Gasteiger partial charge in [-0.05, 0) is 37.5 Å². The highest BCUT2D eigenvalue weighted by atomic mass is 32.1. The maximum atomic E-state index is 11.6. The number of aromatic carboxylic acids is 1. The van der Waals surface area contributed by atoms with Gasteiger partial charge in [0, 0.05) is 16.1 Å². The molecule has 6 nitrogen and oxygen atoms in total. The van der Waals surface area contributed by atoms with Crippen molar-refractivity contribution in [1.82, 2.24) is 9.97 Å². The van der Waals surface area contributed by atoms with Crippen LogP contribution in [0.4, 0.5) is 0 Å². The van der Waals surface area contributed by atoms with Gasteiger partial charge >= 0.3 is 5.97 Å². The number of ether oxygens (including phenoxy) is 1. The summed E-state index contributed by atoms with van der Waals surface area (Å²) in [6.45, 7) is 1.91. The van der Waals surface area contributed by atoms with E-state index in [0.717, 1.165) is 15.6 Å². The minimum absolute atomic E-state index is 0.00718. The van der Waals surface area contributed by atoms with Crippen molar-refractivity contribution in [3.63, 3.8) is 0 Å². The van der Waals surface area contributed by atoms with Gasteiger partial charge in [0.05, 0.1) is 24.3 Å². The first-order chi connectivity index (χ1) is 11.0. The summed E-state index contributed by atoms with van der Waals surface area (Å²) in [6.07, 6.45) is 2.87. The van der Waals surface area contributed by atoms with Crippen molar-refractivity contribution in [2.75, 3.05) is 7.11 Å². The number of carbonyl (C=O) groups is 1. The molecule has 0 radical (unpaired) electrons. The Morgan fingerprint density at radius 2 is 2.26 bits per heavy atom. The van der Waals surface area contributed by atoms with E-state index in [1.54, 1.807) is 6.20 Å². The third kappa shape index (κ3) is 2.85. The lowest BCUT2D eigenvalue weighted by Gasteiger charge is -2.07. The molecule has 23 heavy (non-hydrogen) atoms. The molecule has 0 bridgehead atoms. The average Bonchev–Trinajstić information content (AvgIpc) is 2.91. The Morgan fingerprint density at radius 3 is 2.91 bits per heavy atom. The molecule has 1 atom stereocenters. The second-order valence-electron chi connectivity index (χ2n) is 5.45. The second-order valence-corrected chi connectivity index (χ2v) is 6.50. The zero-order valence-corrected chi connectivity index (χ0v) is 13.7. The van der Waals surface area contributed by atoms with Gasteiger partial charge in [-0.25, -0.2) is 14.8 Å². The fraction of sp³-hybridized carbons (Fsp3) is 0.312. The lowest BCUT2D eigenvalue weighted by molar-refractivity contribution is 0.0701. The van der Waals surface area contributed by atoms with Crippen LogP contribution in [0.1, 0.15) is 28.6 Å². The summed E-state index contributed by atoms with van der Waals surface area (Å²) in [4.78, 5) is 20.8. The SMILES string of the molecule is COc1cnc2c(ccc3sc(C(=O)O)c(CC[C@@H](C)N)c32)n1. The van der Waals surface area contributed by atoms with E-state index in [0.29, 0.717) is 34.6 Å². The molecule has 0 saturated heterocycles. The van der Waals surface area contributed by atoms with Crippen molar-refractivity contribution >= 4 is 38.4 Å². The number of fused-ring (bicyclic) bond motifs is 3. The molecule has 2 heterocycles. The standard InChI is InChI=1S/C16H17N3O3S/c1-8(17)3-4-9-13-11(23-15(9)16(20)21)6-5-10-14(13)18-7-12(19-10)22-2/h5-8H,3-4,17H2,1-2H3,(H,20,21)/t8-/m1/s1. The second kappa shape index (κ2) is 6.10. The Bertz CT molecular complexity index is 889. The zero-order chi connectivity index (χ0) is 16.6. The number of thiophene rings is 1. The van der Waals surface area contributed by atoms with Gasteiger partial charge in [-0.1, -0.05) is 0 Å². The first-order valence-corrected chi connectivity index (χ1v) is 8.07. The highest BCUT2D eigenvalue weighted by molar-refractivity contribution is 7.21. The summed E-state index contributed by atoms with van der Waals surface area (Å²) >= 11 is 1.27. The summed E-state index contributed by atoms with van der Waals surface area (Å²) in [6, 6.07) is 3.73. The van der Waals surface area contributed by atoms with Crippen molar-refractivity contribution in [2.45, 2.75) is 25.8 Å². The molecular weight excluding hydrogens is 314 g/mol. The topological polar surface area (TPSA) is 98.3 Å². The maximum absolute atomic E-state index is 11.6. The van der Waals surface area contributed by atoms with Crippen LogP contribution in [0.5, 0.6) is 5.88 Å². The van der Waals surface area contributed by atoms with E-state index in [4.69, 9.17) is 10.5 Å². The van der Waals surface area contributed by atoms with E-state index in [1.807, 2.05) is 19.1 Å². The summed E-state index contributed by atoms with van der Waals surface area (Å²) in [5.41, 5.74) is 8.02. The van der Waals surface area contributed by atoms with Crippen LogP contribution in [-0.2, 0) is 6.42 Å². The number of rotatable bonds is 5. The molecule has 0 unspecified atom stereocenters. The predicted molar refractivity (Wildman–Crippen MR) is 90.4 cm³/mol. The first-order valence-electron chi connectivity index (χ1n) is 7.25. The van der Waals surface area contributed by atoms with Crippen LogP contribution in [0.3, 0.4) is 0 Å². The number of methoxy groups -OCH3 is 1. The van der Waals surface area contributed by atoms with E-state index in [2.05, 4.69) is 9.97 Å². The molecule has 2 aromatic heterocycles. The van der Waals surface area contributed by atoms with Gasteiger partial charge in [0.2, 0.25) is 5.88 Å². The molecule has 0 spiro atoms. The lowest BCUT2D eigenvalue weighted by Crippen LogP contribution is -2.15. The smallest absolute Gasteiger partial charge is 0.346 e. The van der Waals surface area contributed by atoms with Crippen molar-refractivity contribution in [2.24, 2.45) is 5.73 Å². The quantitative estimate of drug-likeness (QED) is 0.746. The Balaban J connectivity index is 2.28. The van der Waals surface area contributed by atoms with Crippen LogP contribution in [0.25, 0.3) is 21.1 Å². The maximum Gasteiger partial charge on any atom is 0.346 e. The minimum atomic E-state index is -0.916. The number of carboxylic acids is 1. The van der Waals surface area contributed by atoms with Crippen molar-refractivity contribution in [3.8, 4) is 5.88 Å². The van der Waals surface area contributed by atoms with Crippen molar-refractivity contribution in [1.29, 1.82) is 0 Å². The number of benzene rings is 1. The molecule has 0 amide bonds. The average molecular weight is 331 g/mol. The predicted octanol–water partition coefficient (Wildman–Crippen LogP) is 2.83. The largest absolute Gasteiger partial charge is 0.480 e. The highest BCUT2D eigenvalue weighted by Crippen LogP contribution is 2.36. The van der Waals surface area contributed by atoms with Crippen LogP contribution in [0.15, 0.2) is 18.3 Å². The van der Waals surface area contributed by atoms with Gasteiger partial charge in [0.1, 0.15) is 4.88 Å². The fourth-order valence-corrected chi connectivity index (χ4v) is 3.69. The van der Waals surface area contributed by atoms with Crippen LogP contribution in [0.2, 0.25) is 0 Å². The zero-order valence-electron chi connectivity index (χ0n) is 12.9. The van der Waals surface area contributed by atoms with E-state index in [1.165, 1.54) is 18.4 Å². The number of aryl methyl sites for hydroxylation is 1. The first kappa shape index (κ1) is 15.6. The van der Waals surface area contributed by atoms with Gasteiger partial charge in [0.15, 0.2) is 0 Å². The minimum Gasteiger partial charge on any atom is -0.480 e. The molecule has 3 N–H and O–H groups in total. The van der Waals surface area contributed by atoms with Crippen LogP contribution >= 0.6 is 11.3 Å². The van der Waals surface area contributed by atoms with Gasteiger partial charge < -0.3 is 15.6 Å². The Kier molecular flexibility index (Phi) is 4.14. The Morgan fingerprint density at radius 1 is 1.48 bits per heavy atom. The van der Waals surface area contributed by atoms with E-state index >= 15 is 0 Å². The fourth-order valence-electron chi connectivity index (χ4n) is 2.59. The highest BCUT2D eigenvalue weighted by Gasteiger charge is 2.20.